The van der Waals surface area contributed by atoms with Crippen LogP contribution < -0.4 is 5.43 Å². The Morgan fingerprint density at radius 1 is 1.11 bits per heavy atom. The Hall–Kier alpha value is -1.58. The van der Waals surface area contributed by atoms with Gasteiger partial charge in [-0.2, -0.15) is 0 Å². The Morgan fingerprint density at radius 2 is 1.89 bits per heavy atom. The van der Waals surface area contributed by atoms with Gasteiger partial charge < -0.3 is 4.42 Å². The minimum atomic E-state index is 0.431. The van der Waals surface area contributed by atoms with E-state index in [4.69, 9.17) is 4.42 Å². The summed E-state index contributed by atoms with van der Waals surface area (Å²) in [6.07, 6.45) is 1.70. The van der Waals surface area contributed by atoms with Gasteiger partial charge in [0.1, 0.15) is 5.76 Å². The number of hydrazine groups is 1. The molecule has 0 aliphatic rings. The molecule has 96 valence electrons. The van der Waals surface area contributed by atoms with E-state index in [-0.39, 0.29) is 0 Å². The van der Waals surface area contributed by atoms with E-state index in [1.54, 1.807) is 6.26 Å². The van der Waals surface area contributed by atoms with E-state index in [0.717, 1.165) is 18.8 Å². The fourth-order valence-corrected chi connectivity index (χ4v) is 1.79. The number of hydrogen-bond acceptors (Lipinski definition) is 3. The van der Waals surface area contributed by atoms with Gasteiger partial charge in [-0.25, -0.2) is 10.4 Å². The van der Waals surface area contributed by atoms with E-state index in [9.17, 15) is 0 Å². The summed E-state index contributed by atoms with van der Waals surface area (Å²) in [5.74, 6) is 0.953. The Kier molecular flexibility index (Phi) is 4.56. The van der Waals surface area contributed by atoms with Gasteiger partial charge >= 0.3 is 0 Å². The minimum Gasteiger partial charge on any atom is -0.468 e. The summed E-state index contributed by atoms with van der Waals surface area (Å²) in [4.78, 5) is 0. The van der Waals surface area contributed by atoms with Crippen LogP contribution in [0, 0.1) is 0 Å². The summed E-state index contributed by atoms with van der Waals surface area (Å²) < 4.78 is 5.32. The molecule has 3 nitrogen and oxygen atoms in total. The van der Waals surface area contributed by atoms with Gasteiger partial charge in [0.05, 0.1) is 12.8 Å². The van der Waals surface area contributed by atoms with Crippen LogP contribution in [-0.4, -0.2) is 11.1 Å². The lowest BCUT2D eigenvalue weighted by molar-refractivity contribution is 0.126. The van der Waals surface area contributed by atoms with Crippen molar-refractivity contribution in [1.82, 2.24) is 10.4 Å². The monoisotopic (exact) mass is 244 g/mol. The van der Waals surface area contributed by atoms with Crippen LogP contribution in [0.15, 0.2) is 53.1 Å². The Morgan fingerprint density at radius 3 is 2.50 bits per heavy atom. The van der Waals surface area contributed by atoms with Crippen LogP contribution in [0.2, 0.25) is 0 Å². The zero-order valence-electron chi connectivity index (χ0n) is 11.0. The predicted octanol–water partition coefficient (Wildman–Crippen LogP) is 3.19. The highest BCUT2D eigenvalue weighted by Crippen LogP contribution is 2.07. The van der Waals surface area contributed by atoms with Gasteiger partial charge in [-0.3, -0.25) is 0 Å². The second-order valence-corrected chi connectivity index (χ2v) is 4.62. The highest BCUT2D eigenvalue weighted by atomic mass is 16.3. The summed E-state index contributed by atoms with van der Waals surface area (Å²) >= 11 is 0. The zero-order valence-corrected chi connectivity index (χ0v) is 11.0. The van der Waals surface area contributed by atoms with Crippen LogP contribution in [0.4, 0.5) is 0 Å². The molecule has 0 saturated carbocycles. The van der Waals surface area contributed by atoms with Crippen LogP contribution in [0.5, 0.6) is 0 Å². The molecule has 18 heavy (non-hydrogen) atoms. The molecule has 0 bridgehead atoms. The van der Waals surface area contributed by atoms with Gasteiger partial charge in [0.15, 0.2) is 0 Å². The summed E-state index contributed by atoms with van der Waals surface area (Å²) in [7, 11) is 0. The van der Waals surface area contributed by atoms with E-state index in [1.807, 2.05) is 18.2 Å². The molecular weight excluding hydrogens is 224 g/mol. The molecule has 2 rings (SSSR count). The van der Waals surface area contributed by atoms with Crippen molar-refractivity contribution in [1.29, 1.82) is 0 Å². The molecule has 0 radical (unpaired) electrons. The SMILES string of the molecule is CC(C)N(Cc1ccccc1)NCc1ccco1. The standard InChI is InChI=1S/C15H20N2O/c1-13(2)17(12-14-7-4-3-5-8-14)16-11-15-9-6-10-18-15/h3-10,13,16H,11-12H2,1-2H3. The fraction of sp³-hybridized carbons (Fsp3) is 0.333. The second-order valence-electron chi connectivity index (χ2n) is 4.62. The van der Waals surface area contributed by atoms with Crippen molar-refractivity contribution >= 4 is 0 Å². The van der Waals surface area contributed by atoms with Crippen molar-refractivity contribution in [3.63, 3.8) is 0 Å². The normalized spacial score (nSPS) is 11.3. The maximum atomic E-state index is 5.32. The number of furan rings is 1. The number of nitrogens with one attached hydrogen (secondary N) is 1. The van der Waals surface area contributed by atoms with E-state index < -0.39 is 0 Å². The lowest BCUT2D eigenvalue weighted by atomic mass is 10.2. The predicted molar refractivity (Wildman–Crippen MR) is 72.7 cm³/mol. The molecule has 1 N–H and O–H groups in total. The minimum absolute atomic E-state index is 0.431. The number of benzene rings is 1. The average Bonchev–Trinajstić information content (AvgIpc) is 2.88. The molecule has 1 aromatic carbocycles. The highest BCUT2D eigenvalue weighted by Gasteiger charge is 2.10. The average molecular weight is 244 g/mol. The van der Waals surface area contributed by atoms with Gasteiger partial charge in [0.2, 0.25) is 0 Å². The molecule has 0 aliphatic heterocycles. The Bertz CT molecular complexity index is 437. The van der Waals surface area contributed by atoms with Crippen molar-refractivity contribution in [2.75, 3.05) is 0 Å². The summed E-state index contributed by atoms with van der Waals surface area (Å²) in [6.45, 7) is 5.97. The van der Waals surface area contributed by atoms with E-state index in [2.05, 4.69) is 48.5 Å². The lowest BCUT2D eigenvalue weighted by Gasteiger charge is -2.27. The zero-order chi connectivity index (χ0) is 12.8. The lowest BCUT2D eigenvalue weighted by Crippen LogP contribution is -2.41. The maximum absolute atomic E-state index is 5.32. The van der Waals surface area contributed by atoms with Crippen LogP contribution in [0.1, 0.15) is 25.2 Å². The van der Waals surface area contributed by atoms with Crippen molar-refractivity contribution in [2.45, 2.75) is 33.0 Å². The first-order valence-corrected chi connectivity index (χ1v) is 6.32. The molecule has 2 aromatic rings. The molecule has 0 atom stereocenters. The first-order valence-electron chi connectivity index (χ1n) is 6.32. The molecule has 3 heteroatoms. The van der Waals surface area contributed by atoms with Crippen LogP contribution in [-0.2, 0) is 13.1 Å². The molecule has 1 heterocycles. The molecular formula is C15H20N2O. The van der Waals surface area contributed by atoms with Gasteiger partial charge in [0, 0.05) is 12.6 Å². The topological polar surface area (TPSA) is 28.4 Å². The molecule has 0 aliphatic carbocycles. The third-order valence-electron chi connectivity index (χ3n) is 2.86. The van der Waals surface area contributed by atoms with E-state index >= 15 is 0 Å². The van der Waals surface area contributed by atoms with Crippen molar-refractivity contribution in [2.24, 2.45) is 0 Å². The first kappa shape index (κ1) is 12.9. The van der Waals surface area contributed by atoms with E-state index in [1.165, 1.54) is 5.56 Å². The smallest absolute Gasteiger partial charge is 0.118 e. The van der Waals surface area contributed by atoms with Crippen molar-refractivity contribution in [3.8, 4) is 0 Å². The number of hydrogen-bond donors (Lipinski definition) is 1. The third-order valence-corrected chi connectivity index (χ3v) is 2.86. The fourth-order valence-electron chi connectivity index (χ4n) is 1.79. The largest absolute Gasteiger partial charge is 0.468 e. The van der Waals surface area contributed by atoms with Gasteiger partial charge in [-0.1, -0.05) is 30.3 Å². The first-order chi connectivity index (χ1) is 8.75. The van der Waals surface area contributed by atoms with Crippen molar-refractivity contribution < 1.29 is 4.42 Å². The van der Waals surface area contributed by atoms with Gasteiger partial charge in [-0.05, 0) is 31.5 Å². The molecule has 0 fully saturated rings. The Balaban J connectivity index is 1.92. The Labute approximate surface area is 108 Å². The summed E-state index contributed by atoms with van der Waals surface area (Å²) in [5.41, 5.74) is 4.71. The molecule has 0 unspecified atom stereocenters. The molecule has 0 saturated heterocycles. The summed E-state index contributed by atoms with van der Waals surface area (Å²) in [6, 6.07) is 14.8. The van der Waals surface area contributed by atoms with Crippen LogP contribution in [0.3, 0.4) is 0 Å². The van der Waals surface area contributed by atoms with Crippen molar-refractivity contribution in [3.05, 3.63) is 60.1 Å². The van der Waals surface area contributed by atoms with E-state index in [0.29, 0.717) is 6.04 Å². The quantitative estimate of drug-likeness (QED) is 0.791. The van der Waals surface area contributed by atoms with Gasteiger partial charge in [-0.15, -0.1) is 0 Å². The highest BCUT2D eigenvalue weighted by molar-refractivity contribution is 5.14. The number of nitrogens with zero attached hydrogens (tertiary/aromatic N) is 1. The van der Waals surface area contributed by atoms with Crippen LogP contribution >= 0.6 is 0 Å². The van der Waals surface area contributed by atoms with Gasteiger partial charge in [0.25, 0.3) is 0 Å². The summed E-state index contributed by atoms with van der Waals surface area (Å²) in [5, 5.41) is 2.22. The third kappa shape index (κ3) is 3.72. The van der Waals surface area contributed by atoms with Crippen LogP contribution in [0.25, 0.3) is 0 Å². The molecule has 0 amide bonds. The second kappa shape index (κ2) is 6.38. The molecule has 1 aromatic heterocycles. The molecule has 0 spiro atoms. The maximum Gasteiger partial charge on any atom is 0.118 e. The number of rotatable bonds is 6.